The van der Waals surface area contributed by atoms with Gasteiger partial charge in [0.25, 0.3) is 0 Å². The standard InChI is InChI=1S/C7H11N3OS/c1-9-2-3-10-5(4-9)6(11)8-7(10)12/h5H,2-4H2,1H3,(H,8,11,12)/t5-/m1/s1. The summed E-state index contributed by atoms with van der Waals surface area (Å²) in [5.41, 5.74) is 0. The molecule has 1 amide bonds. The van der Waals surface area contributed by atoms with Crippen molar-refractivity contribution in [2.45, 2.75) is 6.04 Å². The summed E-state index contributed by atoms with van der Waals surface area (Å²) >= 11 is 5.01. The molecule has 2 aliphatic rings. The molecule has 2 rings (SSSR count). The molecule has 2 fully saturated rings. The fraction of sp³-hybridized carbons (Fsp3) is 0.714. The lowest BCUT2D eigenvalue weighted by atomic mass is 10.2. The molecule has 12 heavy (non-hydrogen) atoms. The largest absolute Gasteiger partial charge is 0.334 e. The van der Waals surface area contributed by atoms with E-state index in [2.05, 4.69) is 10.2 Å². The molecule has 2 saturated heterocycles. The molecule has 0 aromatic heterocycles. The van der Waals surface area contributed by atoms with Crippen molar-refractivity contribution in [1.29, 1.82) is 0 Å². The number of fused-ring (bicyclic) bond motifs is 1. The molecule has 2 aliphatic heterocycles. The van der Waals surface area contributed by atoms with Crippen LogP contribution in [0.1, 0.15) is 0 Å². The van der Waals surface area contributed by atoms with Crippen molar-refractivity contribution in [3.05, 3.63) is 0 Å². The Morgan fingerprint density at radius 1 is 1.58 bits per heavy atom. The second-order valence-corrected chi connectivity index (χ2v) is 3.65. The predicted octanol–water partition coefficient (Wildman–Crippen LogP) is -0.983. The van der Waals surface area contributed by atoms with E-state index in [1.54, 1.807) is 0 Å². The minimum absolute atomic E-state index is 0.0451. The molecule has 1 N–H and O–H groups in total. The minimum atomic E-state index is -0.0451. The minimum Gasteiger partial charge on any atom is -0.334 e. The van der Waals surface area contributed by atoms with Crippen LogP contribution in [0.3, 0.4) is 0 Å². The van der Waals surface area contributed by atoms with Gasteiger partial charge in [-0.2, -0.15) is 0 Å². The summed E-state index contributed by atoms with van der Waals surface area (Å²) in [6.07, 6.45) is 0. The van der Waals surface area contributed by atoms with Crippen molar-refractivity contribution in [1.82, 2.24) is 15.1 Å². The number of carbonyl (C=O) groups excluding carboxylic acids is 1. The number of thiocarbonyl (C=S) groups is 1. The Kier molecular flexibility index (Phi) is 1.77. The van der Waals surface area contributed by atoms with Crippen LogP contribution < -0.4 is 5.32 Å². The van der Waals surface area contributed by atoms with Crippen molar-refractivity contribution in [2.75, 3.05) is 26.7 Å². The first-order chi connectivity index (χ1) is 5.68. The van der Waals surface area contributed by atoms with Gasteiger partial charge in [-0.05, 0) is 19.3 Å². The summed E-state index contributed by atoms with van der Waals surface area (Å²) in [6.45, 7) is 2.62. The van der Waals surface area contributed by atoms with Crippen LogP contribution in [0.4, 0.5) is 0 Å². The summed E-state index contributed by atoms with van der Waals surface area (Å²) in [7, 11) is 2.02. The molecule has 0 unspecified atom stereocenters. The zero-order valence-electron chi connectivity index (χ0n) is 6.91. The summed E-state index contributed by atoms with van der Waals surface area (Å²) in [6, 6.07) is -0.0451. The summed E-state index contributed by atoms with van der Waals surface area (Å²) < 4.78 is 0. The van der Waals surface area contributed by atoms with Gasteiger partial charge in [0.15, 0.2) is 5.11 Å². The summed E-state index contributed by atoms with van der Waals surface area (Å²) in [4.78, 5) is 15.4. The maximum Gasteiger partial charge on any atom is 0.250 e. The molecule has 2 heterocycles. The molecule has 4 nitrogen and oxygen atoms in total. The number of carbonyl (C=O) groups is 1. The van der Waals surface area contributed by atoms with E-state index in [1.165, 1.54) is 0 Å². The van der Waals surface area contributed by atoms with Crippen LogP contribution in [-0.4, -0.2) is 53.5 Å². The topological polar surface area (TPSA) is 35.6 Å². The average molecular weight is 185 g/mol. The lowest BCUT2D eigenvalue weighted by Gasteiger charge is -2.33. The summed E-state index contributed by atoms with van der Waals surface area (Å²) in [5.74, 6) is 0.0477. The van der Waals surface area contributed by atoms with Gasteiger partial charge in [0.2, 0.25) is 5.91 Å². The zero-order chi connectivity index (χ0) is 8.72. The van der Waals surface area contributed by atoms with Crippen molar-refractivity contribution in [2.24, 2.45) is 0 Å². The van der Waals surface area contributed by atoms with Gasteiger partial charge in [0.05, 0.1) is 0 Å². The smallest absolute Gasteiger partial charge is 0.250 e. The molecule has 1 atom stereocenters. The monoisotopic (exact) mass is 185 g/mol. The predicted molar refractivity (Wildman–Crippen MR) is 48.7 cm³/mol. The Morgan fingerprint density at radius 2 is 2.33 bits per heavy atom. The third-order valence-electron chi connectivity index (χ3n) is 2.38. The highest BCUT2D eigenvalue weighted by Crippen LogP contribution is 2.13. The second kappa shape index (κ2) is 2.67. The fourth-order valence-electron chi connectivity index (χ4n) is 1.65. The van der Waals surface area contributed by atoms with Crippen LogP contribution in [0.5, 0.6) is 0 Å². The van der Waals surface area contributed by atoms with Crippen LogP contribution >= 0.6 is 12.2 Å². The van der Waals surface area contributed by atoms with Gasteiger partial charge in [-0.25, -0.2) is 0 Å². The van der Waals surface area contributed by atoms with Crippen molar-refractivity contribution in [3.63, 3.8) is 0 Å². The molecule has 0 bridgehead atoms. The van der Waals surface area contributed by atoms with Crippen LogP contribution in [0.2, 0.25) is 0 Å². The SMILES string of the molecule is CN1CCN2C(=S)NC(=O)[C@H]2C1. The molecular formula is C7H11N3OS. The number of rotatable bonds is 0. The highest BCUT2D eigenvalue weighted by molar-refractivity contribution is 7.80. The van der Waals surface area contributed by atoms with Gasteiger partial charge in [-0.1, -0.05) is 0 Å². The molecule has 0 saturated carbocycles. The summed E-state index contributed by atoms with van der Waals surface area (Å²) in [5, 5.41) is 3.27. The van der Waals surface area contributed by atoms with Gasteiger partial charge in [-0.3, -0.25) is 4.79 Å². The maximum atomic E-state index is 11.3. The van der Waals surface area contributed by atoms with Crippen LogP contribution in [0.25, 0.3) is 0 Å². The fourth-order valence-corrected chi connectivity index (χ4v) is 1.97. The highest BCUT2D eigenvalue weighted by atomic mass is 32.1. The quantitative estimate of drug-likeness (QED) is 0.492. The van der Waals surface area contributed by atoms with E-state index < -0.39 is 0 Å². The first kappa shape index (κ1) is 7.94. The van der Waals surface area contributed by atoms with E-state index >= 15 is 0 Å². The number of hydrogen-bond acceptors (Lipinski definition) is 3. The van der Waals surface area contributed by atoms with Gasteiger partial charge in [0, 0.05) is 19.6 Å². The number of nitrogens with zero attached hydrogens (tertiary/aromatic N) is 2. The Morgan fingerprint density at radius 3 is 3.08 bits per heavy atom. The van der Waals surface area contributed by atoms with E-state index in [1.807, 2.05) is 11.9 Å². The molecule has 0 aliphatic carbocycles. The molecule has 66 valence electrons. The van der Waals surface area contributed by atoms with E-state index in [9.17, 15) is 4.79 Å². The Balaban J connectivity index is 2.17. The van der Waals surface area contributed by atoms with E-state index in [0.717, 1.165) is 19.6 Å². The highest BCUT2D eigenvalue weighted by Gasteiger charge is 2.38. The maximum absolute atomic E-state index is 11.3. The Bertz CT molecular complexity index is 243. The third kappa shape index (κ3) is 1.09. The number of likely N-dealkylation sites (N-methyl/N-ethyl adjacent to an activating group) is 1. The first-order valence-electron chi connectivity index (χ1n) is 3.98. The molecule has 0 aromatic carbocycles. The lowest BCUT2D eigenvalue weighted by molar-refractivity contribution is -0.122. The van der Waals surface area contributed by atoms with Gasteiger partial charge >= 0.3 is 0 Å². The van der Waals surface area contributed by atoms with Crippen LogP contribution in [0, 0.1) is 0 Å². The number of nitrogens with one attached hydrogen (secondary N) is 1. The van der Waals surface area contributed by atoms with Crippen LogP contribution in [-0.2, 0) is 4.79 Å². The van der Waals surface area contributed by atoms with E-state index in [-0.39, 0.29) is 11.9 Å². The first-order valence-corrected chi connectivity index (χ1v) is 4.39. The average Bonchev–Trinajstić information content (AvgIpc) is 2.28. The van der Waals surface area contributed by atoms with Gasteiger partial charge < -0.3 is 15.1 Å². The Labute approximate surface area is 76.5 Å². The molecule has 0 aromatic rings. The van der Waals surface area contributed by atoms with Gasteiger partial charge in [0.1, 0.15) is 6.04 Å². The second-order valence-electron chi connectivity index (χ2n) is 3.27. The van der Waals surface area contributed by atoms with Crippen LogP contribution in [0.15, 0.2) is 0 Å². The molecule has 0 radical (unpaired) electrons. The Hall–Kier alpha value is -0.680. The van der Waals surface area contributed by atoms with E-state index in [4.69, 9.17) is 12.2 Å². The van der Waals surface area contributed by atoms with E-state index in [0.29, 0.717) is 5.11 Å². The van der Waals surface area contributed by atoms with Crippen molar-refractivity contribution in [3.8, 4) is 0 Å². The normalized spacial score (nSPS) is 30.4. The molecular weight excluding hydrogens is 174 g/mol. The van der Waals surface area contributed by atoms with Crippen molar-refractivity contribution < 1.29 is 4.79 Å². The third-order valence-corrected chi connectivity index (χ3v) is 2.71. The number of piperazine rings is 1. The molecule has 5 heteroatoms. The number of hydrogen-bond donors (Lipinski definition) is 1. The lowest BCUT2D eigenvalue weighted by Crippen LogP contribution is -2.51. The zero-order valence-corrected chi connectivity index (χ0v) is 7.73. The molecule has 0 spiro atoms. The van der Waals surface area contributed by atoms with Crippen molar-refractivity contribution >= 4 is 23.2 Å². The van der Waals surface area contributed by atoms with Gasteiger partial charge in [-0.15, -0.1) is 0 Å². The number of amides is 1.